The van der Waals surface area contributed by atoms with Crippen molar-refractivity contribution in [2.75, 3.05) is 16.2 Å². The molecule has 1 heterocycles. The molecule has 1 aliphatic heterocycles. The molecule has 32 heavy (non-hydrogen) atoms. The summed E-state index contributed by atoms with van der Waals surface area (Å²) < 4.78 is 41.6. The molecule has 4 rings (SSSR count). The van der Waals surface area contributed by atoms with Gasteiger partial charge in [0.2, 0.25) is 0 Å². The van der Waals surface area contributed by atoms with Gasteiger partial charge in [0.25, 0.3) is 15.9 Å². The van der Waals surface area contributed by atoms with Crippen molar-refractivity contribution in [3.63, 3.8) is 0 Å². The fourth-order valence-corrected chi connectivity index (χ4v) is 5.29. The molecule has 166 valence electrons. The summed E-state index contributed by atoms with van der Waals surface area (Å²) in [6, 6.07) is 15.7. The normalized spacial score (nSPS) is 14.5. The first-order valence-electron chi connectivity index (χ1n) is 9.82. The van der Waals surface area contributed by atoms with Crippen molar-refractivity contribution >= 4 is 33.0 Å². The van der Waals surface area contributed by atoms with Crippen LogP contribution in [0.5, 0.6) is 0 Å². The van der Waals surface area contributed by atoms with E-state index in [1.54, 1.807) is 12.1 Å². The molecule has 0 spiro atoms. The number of carbonyl (C=O) groups excluding carboxylic acids is 1. The second kappa shape index (κ2) is 8.67. The molecule has 3 aromatic rings. The summed E-state index contributed by atoms with van der Waals surface area (Å²) in [5.41, 5.74) is 0.980. The molecule has 8 nitrogen and oxygen atoms in total. The molecular formula is C22H20FN3O5S. The van der Waals surface area contributed by atoms with Crippen LogP contribution in [0.4, 0.5) is 21.5 Å². The molecule has 0 aliphatic carbocycles. The third-order valence-corrected chi connectivity index (χ3v) is 7.01. The zero-order chi connectivity index (χ0) is 22.9. The SMILES string of the molecule is O=C(Nc1cccc(S(=O)(=O)N2CCCc3ccccc32)c1)c1cc(F)ccc1[NH+]([O-])O. The quantitative estimate of drug-likeness (QED) is 0.510. The van der Waals surface area contributed by atoms with Crippen LogP contribution in [0.1, 0.15) is 22.3 Å². The number of anilines is 2. The monoisotopic (exact) mass is 457 g/mol. The lowest BCUT2D eigenvalue weighted by Crippen LogP contribution is -2.99. The Morgan fingerprint density at radius 1 is 1.09 bits per heavy atom. The maximum atomic E-state index is 13.6. The highest BCUT2D eigenvalue weighted by Gasteiger charge is 2.29. The minimum Gasteiger partial charge on any atom is -0.595 e. The second-order valence-corrected chi connectivity index (χ2v) is 9.15. The maximum Gasteiger partial charge on any atom is 0.264 e. The van der Waals surface area contributed by atoms with Crippen molar-refractivity contribution in [1.29, 1.82) is 0 Å². The van der Waals surface area contributed by atoms with E-state index in [9.17, 15) is 28.0 Å². The topological polar surface area (TPSA) is 114 Å². The highest BCUT2D eigenvalue weighted by atomic mass is 32.2. The molecule has 1 unspecified atom stereocenters. The molecule has 1 aliphatic rings. The van der Waals surface area contributed by atoms with Gasteiger partial charge in [0.05, 0.1) is 10.6 Å². The smallest absolute Gasteiger partial charge is 0.264 e. The Bertz CT molecular complexity index is 1280. The molecule has 3 aromatic carbocycles. The summed E-state index contributed by atoms with van der Waals surface area (Å²) in [7, 11) is -3.90. The second-order valence-electron chi connectivity index (χ2n) is 7.29. The van der Waals surface area contributed by atoms with Gasteiger partial charge in [-0.05, 0) is 54.8 Å². The molecule has 1 atom stereocenters. The number of para-hydroxylation sites is 1. The van der Waals surface area contributed by atoms with Crippen molar-refractivity contribution < 1.29 is 28.0 Å². The van der Waals surface area contributed by atoms with E-state index >= 15 is 0 Å². The third-order valence-electron chi connectivity index (χ3n) is 5.20. The molecule has 0 aromatic heterocycles. The summed E-state index contributed by atoms with van der Waals surface area (Å²) in [6.45, 7) is 0.335. The number of nitrogens with zero attached hydrogens (tertiary/aromatic N) is 1. The zero-order valence-corrected chi connectivity index (χ0v) is 17.6. The van der Waals surface area contributed by atoms with Crippen LogP contribution < -0.4 is 14.8 Å². The molecule has 0 saturated heterocycles. The highest BCUT2D eigenvalue weighted by Crippen LogP contribution is 2.32. The van der Waals surface area contributed by atoms with Crippen molar-refractivity contribution in [2.24, 2.45) is 0 Å². The fraction of sp³-hybridized carbons (Fsp3) is 0.136. The molecule has 0 fully saturated rings. The van der Waals surface area contributed by atoms with E-state index in [4.69, 9.17) is 0 Å². The van der Waals surface area contributed by atoms with E-state index in [1.165, 1.54) is 28.6 Å². The maximum absolute atomic E-state index is 13.6. The number of fused-ring (bicyclic) bond motifs is 1. The molecule has 1 amide bonds. The first kappa shape index (κ1) is 21.9. The van der Waals surface area contributed by atoms with Crippen molar-refractivity contribution in [3.8, 4) is 0 Å². The summed E-state index contributed by atoms with van der Waals surface area (Å²) >= 11 is 0. The van der Waals surface area contributed by atoms with Gasteiger partial charge in [0.1, 0.15) is 11.4 Å². The molecular weight excluding hydrogens is 437 g/mol. The Morgan fingerprint density at radius 2 is 1.88 bits per heavy atom. The molecule has 0 bridgehead atoms. The predicted molar refractivity (Wildman–Crippen MR) is 116 cm³/mol. The van der Waals surface area contributed by atoms with E-state index in [-0.39, 0.29) is 21.8 Å². The highest BCUT2D eigenvalue weighted by molar-refractivity contribution is 7.92. The van der Waals surface area contributed by atoms with Crippen molar-refractivity contribution in [1.82, 2.24) is 0 Å². The number of carbonyl (C=O) groups is 1. The largest absolute Gasteiger partial charge is 0.595 e. The molecule has 3 N–H and O–H groups in total. The van der Waals surface area contributed by atoms with Gasteiger partial charge in [-0.3, -0.25) is 9.10 Å². The number of amides is 1. The Morgan fingerprint density at radius 3 is 2.66 bits per heavy atom. The van der Waals surface area contributed by atoms with Crippen LogP contribution in [0.2, 0.25) is 0 Å². The summed E-state index contributed by atoms with van der Waals surface area (Å²) in [4.78, 5) is 12.6. The first-order chi connectivity index (χ1) is 15.3. The lowest BCUT2D eigenvalue weighted by molar-refractivity contribution is -0.991. The van der Waals surface area contributed by atoms with Crippen LogP contribution in [-0.2, 0) is 16.4 Å². The van der Waals surface area contributed by atoms with E-state index < -0.39 is 27.0 Å². The average Bonchev–Trinajstić information content (AvgIpc) is 2.78. The van der Waals surface area contributed by atoms with E-state index in [0.29, 0.717) is 18.7 Å². The van der Waals surface area contributed by atoms with E-state index in [0.717, 1.165) is 30.2 Å². The Hall–Kier alpha value is -3.31. The number of quaternary nitrogens is 1. The van der Waals surface area contributed by atoms with Gasteiger partial charge in [0, 0.05) is 18.3 Å². The van der Waals surface area contributed by atoms with Crippen LogP contribution in [0.25, 0.3) is 0 Å². The molecule has 0 radical (unpaired) electrons. The van der Waals surface area contributed by atoms with Crippen LogP contribution in [0.15, 0.2) is 71.6 Å². The zero-order valence-electron chi connectivity index (χ0n) is 16.8. The Kier molecular flexibility index (Phi) is 5.94. The van der Waals surface area contributed by atoms with Crippen molar-refractivity contribution in [2.45, 2.75) is 17.7 Å². The Balaban J connectivity index is 1.64. The molecule has 10 heteroatoms. The number of sulfonamides is 1. The number of benzene rings is 3. The molecule has 0 saturated carbocycles. The van der Waals surface area contributed by atoms with Crippen LogP contribution in [0.3, 0.4) is 0 Å². The van der Waals surface area contributed by atoms with Gasteiger partial charge in [-0.25, -0.2) is 18.0 Å². The van der Waals surface area contributed by atoms with Crippen molar-refractivity contribution in [3.05, 3.63) is 88.9 Å². The Labute approximate surface area is 184 Å². The standard InChI is InChI=1S/C22H20FN3O5S/c23-16-10-11-21(26(28)29)19(13-16)22(27)24-17-7-3-8-18(14-17)32(30,31)25-12-4-6-15-5-1-2-9-20(15)25/h1-3,5,7-11,13-14,26,28H,4,6,12H2,(H,24,27). The minimum absolute atomic E-state index is 0.0234. The van der Waals surface area contributed by atoms with Gasteiger partial charge in [-0.15, -0.1) is 0 Å². The van der Waals surface area contributed by atoms with Gasteiger partial charge in [-0.1, -0.05) is 24.3 Å². The van der Waals surface area contributed by atoms with Crippen LogP contribution >= 0.6 is 0 Å². The lowest BCUT2D eigenvalue weighted by Gasteiger charge is -2.30. The number of halogens is 1. The van der Waals surface area contributed by atoms with Gasteiger partial charge >= 0.3 is 0 Å². The third kappa shape index (κ3) is 4.21. The number of nitrogens with one attached hydrogen (secondary N) is 2. The first-order valence-corrected chi connectivity index (χ1v) is 11.3. The lowest BCUT2D eigenvalue weighted by atomic mass is 10.0. The summed E-state index contributed by atoms with van der Waals surface area (Å²) in [5.74, 6) is -1.62. The van der Waals surface area contributed by atoms with Gasteiger partial charge in [-0.2, -0.15) is 5.23 Å². The number of aryl methyl sites for hydroxylation is 1. The number of hydrogen-bond acceptors (Lipinski definition) is 5. The minimum atomic E-state index is -3.90. The summed E-state index contributed by atoms with van der Waals surface area (Å²) in [5, 5.41) is 21.7. The number of hydrogen-bond donors (Lipinski definition) is 3. The average molecular weight is 457 g/mol. The van der Waals surface area contributed by atoms with Gasteiger partial charge in [0.15, 0.2) is 5.69 Å². The summed E-state index contributed by atoms with van der Waals surface area (Å²) in [6.07, 6.45) is 1.47. The fourth-order valence-electron chi connectivity index (χ4n) is 3.70. The van der Waals surface area contributed by atoms with E-state index in [1.807, 2.05) is 12.1 Å². The van der Waals surface area contributed by atoms with Crippen LogP contribution in [-0.4, -0.2) is 26.1 Å². The van der Waals surface area contributed by atoms with Crippen LogP contribution in [0, 0.1) is 11.0 Å². The number of rotatable bonds is 5. The predicted octanol–water partition coefficient (Wildman–Crippen LogP) is 2.62. The van der Waals surface area contributed by atoms with Gasteiger partial charge < -0.3 is 10.5 Å². The van der Waals surface area contributed by atoms with E-state index in [2.05, 4.69) is 5.32 Å².